The molecule has 1 aromatic heterocycles. The number of likely N-dealkylation sites (tertiary alicyclic amines) is 1. The summed E-state index contributed by atoms with van der Waals surface area (Å²) in [5, 5.41) is 2.75. The molecule has 7 heteroatoms. The number of pyridine rings is 1. The third kappa shape index (κ3) is 4.47. The van der Waals surface area contributed by atoms with Gasteiger partial charge in [0.25, 0.3) is 0 Å². The van der Waals surface area contributed by atoms with Gasteiger partial charge in [-0.25, -0.2) is 4.98 Å². The molecule has 0 saturated carbocycles. The highest BCUT2D eigenvalue weighted by molar-refractivity contribution is 5.94. The first-order valence-corrected chi connectivity index (χ1v) is 9.11. The van der Waals surface area contributed by atoms with E-state index in [0.717, 1.165) is 17.5 Å². The highest BCUT2D eigenvalue weighted by atomic mass is 16.7. The summed E-state index contributed by atoms with van der Waals surface area (Å²) in [5.74, 6) is 0.570. The van der Waals surface area contributed by atoms with Gasteiger partial charge in [-0.05, 0) is 43.0 Å². The van der Waals surface area contributed by atoms with Crippen molar-refractivity contribution in [1.29, 1.82) is 0 Å². The molecule has 1 unspecified atom stereocenters. The normalized spacial score (nSPS) is 18.4. The molecule has 0 aromatic carbocycles. The van der Waals surface area contributed by atoms with Crippen molar-refractivity contribution in [1.82, 2.24) is 9.88 Å². The number of hydrogen-bond donors (Lipinski definition) is 1. The van der Waals surface area contributed by atoms with Crippen LogP contribution in [0.5, 0.6) is 0 Å². The number of carbonyl (C=O) groups is 2. The molecule has 2 amide bonds. The Morgan fingerprint density at radius 3 is 2.96 bits per heavy atom. The van der Waals surface area contributed by atoms with Crippen molar-refractivity contribution in [2.24, 2.45) is 0 Å². The van der Waals surface area contributed by atoms with E-state index < -0.39 is 0 Å². The van der Waals surface area contributed by atoms with Crippen LogP contribution in [0.1, 0.15) is 37.8 Å². The Hall–Kier alpha value is -2.25. The van der Waals surface area contributed by atoms with Crippen molar-refractivity contribution >= 4 is 23.7 Å². The van der Waals surface area contributed by atoms with Gasteiger partial charge in [-0.3, -0.25) is 9.59 Å². The zero-order chi connectivity index (χ0) is 18.5. The van der Waals surface area contributed by atoms with E-state index in [1.165, 1.54) is 0 Å². The molecule has 1 atom stereocenters. The average molecular weight is 359 g/mol. The Morgan fingerprint density at radius 1 is 1.42 bits per heavy atom. The first kappa shape index (κ1) is 18.5. The summed E-state index contributed by atoms with van der Waals surface area (Å²) >= 11 is 0. The van der Waals surface area contributed by atoms with Gasteiger partial charge in [0, 0.05) is 38.4 Å². The molecule has 26 heavy (non-hydrogen) atoms. The Bertz CT molecular complexity index is 698. The van der Waals surface area contributed by atoms with Crippen LogP contribution in [0.2, 0.25) is 0 Å². The molecule has 0 bridgehead atoms. The van der Waals surface area contributed by atoms with E-state index in [9.17, 15) is 9.59 Å². The molecule has 0 radical (unpaired) electrons. The molecule has 3 rings (SSSR count). The van der Waals surface area contributed by atoms with Crippen LogP contribution in [0.25, 0.3) is 6.08 Å². The molecule has 2 aliphatic heterocycles. The molecule has 3 heterocycles. The highest BCUT2D eigenvalue weighted by Gasteiger charge is 2.32. The monoisotopic (exact) mass is 359 g/mol. The molecule has 2 aliphatic rings. The lowest BCUT2D eigenvalue weighted by Crippen LogP contribution is -2.55. The highest BCUT2D eigenvalue weighted by Crippen LogP contribution is 2.21. The van der Waals surface area contributed by atoms with E-state index in [2.05, 4.69) is 10.3 Å². The largest absolute Gasteiger partial charge is 0.353 e. The van der Waals surface area contributed by atoms with Gasteiger partial charge in [0.15, 0.2) is 6.29 Å². The Labute approximate surface area is 153 Å². The SMILES string of the molecule is CCOC(CC)OC1CN(C(=O)C=Cc2cnc3c(c2)CCC(=O)N3)C1. The molecular formula is C19H25N3O4. The minimum Gasteiger partial charge on any atom is -0.353 e. The van der Waals surface area contributed by atoms with Crippen molar-refractivity contribution in [2.45, 2.75) is 45.5 Å². The van der Waals surface area contributed by atoms with E-state index in [-0.39, 0.29) is 24.2 Å². The van der Waals surface area contributed by atoms with E-state index in [0.29, 0.717) is 38.4 Å². The van der Waals surface area contributed by atoms with E-state index in [1.54, 1.807) is 23.2 Å². The number of hydrogen-bond acceptors (Lipinski definition) is 5. The fraction of sp³-hybridized carbons (Fsp3) is 0.526. The predicted octanol–water partition coefficient (Wildman–Crippen LogP) is 1.98. The minimum atomic E-state index is -0.195. The van der Waals surface area contributed by atoms with Crippen LogP contribution in [-0.2, 0) is 25.5 Å². The molecule has 7 nitrogen and oxygen atoms in total. The van der Waals surface area contributed by atoms with Crippen LogP contribution in [0.15, 0.2) is 18.3 Å². The smallest absolute Gasteiger partial charge is 0.246 e. The number of amides is 2. The number of aromatic nitrogens is 1. The van der Waals surface area contributed by atoms with Crippen molar-refractivity contribution in [3.63, 3.8) is 0 Å². The quantitative estimate of drug-likeness (QED) is 0.595. The molecule has 140 valence electrons. The van der Waals surface area contributed by atoms with Gasteiger partial charge in [-0.1, -0.05) is 6.92 Å². The van der Waals surface area contributed by atoms with Gasteiger partial charge >= 0.3 is 0 Å². The van der Waals surface area contributed by atoms with Crippen LogP contribution in [0.3, 0.4) is 0 Å². The molecule has 1 aromatic rings. The zero-order valence-electron chi connectivity index (χ0n) is 15.2. The van der Waals surface area contributed by atoms with E-state index in [1.807, 2.05) is 19.9 Å². The number of nitrogens with one attached hydrogen (secondary N) is 1. The number of carbonyl (C=O) groups excluding carboxylic acids is 2. The molecular weight excluding hydrogens is 334 g/mol. The lowest BCUT2D eigenvalue weighted by atomic mass is 10.0. The third-order valence-corrected chi connectivity index (χ3v) is 4.48. The van der Waals surface area contributed by atoms with Gasteiger partial charge in [0.1, 0.15) is 5.82 Å². The molecule has 0 spiro atoms. The van der Waals surface area contributed by atoms with Gasteiger partial charge in [-0.2, -0.15) is 0 Å². The molecule has 1 saturated heterocycles. The zero-order valence-corrected chi connectivity index (χ0v) is 15.2. The van der Waals surface area contributed by atoms with Gasteiger partial charge in [0.2, 0.25) is 11.8 Å². The fourth-order valence-corrected chi connectivity index (χ4v) is 3.00. The fourth-order valence-electron chi connectivity index (χ4n) is 3.00. The van der Waals surface area contributed by atoms with Crippen LogP contribution in [0, 0.1) is 0 Å². The number of fused-ring (bicyclic) bond motifs is 1. The van der Waals surface area contributed by atoms with Gasteiger partial charge < -0.3 is 19.7 Å². The third-order valence-electron chi connectivity index (χ3n) is 4.48. The van der Waals surface area contributed by atoms with Crippen LogP contribution in [-0.4, -0.2) is 53.8 Å². The summed E-state index contributed by atoms with van der Waals surface area (Å²) in [6.07, 6.45) is 6.76. The van der Waals surface area contributed by atoms with Crippen LogP contribution < -0.4 is 5.32 Å². The topological polar surface area (TPSA) is 80.8 Å². The van der Waals surface area contributed by atoms with Crippen molar-refractivity contribution in [3.8, 4) is 0 Å². The Morgan fingerprint density at radius 2 is 2.23 bits per heavy atom. The van der Waals surface area contributed by atoms with E-state index in [4.69, 9.17) is 9.47 Å². The van der Waals surface area contributed by atoms with Crippen molar-refractivity contribution in [3.05, 3.63) is 29.5 Å². The summed E-state index contributed by atoms with van der Waals surface area (Å²) < 4.78 is 11.3. The Kier molecular flexibility index (Phi) is 6.00. The second-order valence-corrected chi connectivity index (χ2v) is 6.45. The second kappa shape index (κ2) is 8.42. The Balaban J connectivity index is 1.49. The van der Waals surface area contributed by atoms with Crippen molar-refractivity contribution < 1.29 is 19.1 Å². The van der Waals surface area contributed by atoms with Crippen molar-refractivity contribution in [2.75, 3.05) is 25.0 Å². The van der Waals surface area contributed by atoms with Crippen LogP contribution >= 0.6 is 0 Å². The van der Waals surface area contributed by atoms with E-state index >= 15 is 0 Å². The summed E-state index contributed by atoms with van der Waals surface area (Å²) in [7, 11) is 0. The average Bonchev–Trinajstić information content (AvgIpc) is 2.61. The summed E-state index contributed by atoms with van der Waals surface area (Å²) in [6, 6.07) is 1.96. The number of nitrogens with zero attached hydrogens (tertiary/aromatic N) is 2. The lowest BCUT2D eigenvalue weighted by molar-refractivity contribution is -0.199. The maximum Gasteiger partial charge on any atom is 0.246 e. The maximum atomic E-state index is 12.2. The molecule has 1 N–H and O–H groups in total. The summed E-state index contributed by atoms with van der Waals surface area (Å²) in [4.78, 5) is 29.6. The minimum absolute atomic E-state index is 0.00678. The van der Waals surface area contributed by atoms with Gasteiger partial charge in [0.05, 0.1) is 6.10 Å². The summed E-state index contributed by atoms with van der Waals surface area (Å²) in [5.41, 5.74) is 1.85. The first-order chi connectivity index (χ1) is 12.6. The molecule has 1 fully saturated rings. The number of ether oxygens (including phenoxy) is 2. The number of aryl methyl sites for hydroxylation is 1. The summed E-state index contributed by atoms with van der Waals surface area (Å²) in [6.45, 7) is 5.75. The second-order valence-electron chi connectivity index (χ2n) is 6.45. The molecule has 0 aliphatic carbocycles. The van der Waals surface area contributed by atoms with Crippen LogP contribution in [0.4, 0.5) is 5.82 Å². The standard InChI is InChI=1S/C19H25N3O4/c1-3-18(25-4-2)26-15-11-22(12-15)17(24)8-5-13-9-14-6-7-16(23)21-19(14)20-10-13/h5,8-10,15,18H,3-4,6-7,11-12H2,1-2H3,(H,20,21,23). The predicted molar refractivity (Wildman–Crippen MR) is 97.4 cm³/mol. The first-order valence-electron chi connectivity index (χ1n) is 9.11. The number of rotatable bonds is 7. The number of anilines is 1. The maximum absolute atomic E-state index is 12.2. The lowest BCUT2D eigenvalue weighted by Gasteiger charge is -2.39. The van der Waals surface area contributed by atoms with Gasteiger partial charge in [-0.15, -0.1) is 0 Å².